The third-order valence-corrected chi connectivity index (χ3v) is 11.1. The van der Waals surface area contributed by atoms with E-state index in [1.807, 2.05) is 9.80 Å². The van der Waals surface area contributed by atoms with Crippen molar-refractivity contribution in [1.82, 2.24) is 0 Å². The smallest absolute Gasteiger partial charge is 0.0914 e. The van der Waals surface area contributed by atoms with Crippen LogP contribution in [0.15, 0.2) is 0 Å². The van der Waals surface area contributed by atoms with Gasteiger partial charge in [-0.05, 0) is 25.7 Å². The summed E-state index contributed by atoms with van der Waals surface area (Å²) in [4.78, 5) is 3.76. The molecule has 4 nitrogen and oxygen atoms in total. The van der Waals surface area contributed by atoms with E-state index in [0.717, 1.165) is 26.4 Å². The van der Waals surface area contributed by atoms with Crippen molar-refractivity contribution < 1.29 is 44.1 Å². The first-order valence-electron chi connectivity index (χ1n) is 21.1. The number of ether oxygens (including phenoxy) is 2. The van der Waals surface area contributed by atoms with E-state index >= 15 is 0 Å². The van der Waals surface area contributed by atoms with Crippen LogP contribution in [0.5, 0.6) is 0 Å². The topological polar surface area (TPSA) is 27.3 Å². The summed E-state index contributed by atoms with van der Waals surface area (Å²) in [5.41, 5.74) is 0.390. The van der Waals surface area contributed by atoms with E-state index < -0.39 is 0 Å². The Bertz CT molecular complexity index is 562. The molecule has 0 bridgehead atoms. The molecule has 47 heavy (non-hydrogen) atoms. The number of quaternary nitrogens is 2. The van der Waals surface area contributed by atoms with Crippen LogP contribution in [0, 0.1) is 5.41 Å². The van der Waals surface area contributed by atoms with E-state index in [1.54, 1.807) is 0 Å². The van der Waals surface area contributed by atoms with Crippen LogP contribution in [0.4, 0.5) is 0 Å². The minimum absolute atomic E-state index is 0. The summed E-state index contributed by atoms with van der Waals surface area (Å²) >= 11 is 0. The van der Waals surface area contributed by atoms with Gasteiger partial charge >= 0.3 is 0 Å². The van der Waals surface area contributed by atoms with Crippen molar-refractivity contribution in [2.24, 2.45) is 5.41 Å². The van der Waals surface area contributed by atoms with Gasteiger partial charge in [0.25, 0.3) is 0 Å². The van der Waals surface area contributed by atoms with Gasteiger partial charge in [0, 0.05) is 45.5 Å². The molecule has 0 unspecified atom stereocenters. The highest BCUT2D eigenvalue weighted by atomic mass is 35.5. The van der Waals surface area contributed by atoms with Crippen LogP contribution >= 0.6 is 0 Å². The maximum atomic E-state index is 6.64. The Kier molecular flexibility index (Phi) is 35.2. The molecule has 6 heteroatoms. The van der Waals surface area contributed by atoms with Crippen molar-refractivity contribution in [3.05, 3.63) is 0 Å². The highest BCUT2D eigenvalue weighted by Crippen LogP contribution is 2.25. The van der Waals surface area contributed by atoms with Gasteiger partial charge in [-0.2, -0.15) is 0 Å². The minimum atomic E-state index is 0. The molecule has 0 aromatic heterocycles. The fraction of sp³-hybridized carbons (Fsp3) is 1.00. The lowest BCUT2D eigenvalue weighted by molar-refractivity contribution is -0.920. The molecule has 2 heterocycles. The molecule has 2 N–H and O–H groups in total. The molecule has 0 saturated carbocycles. The molecule has 0 amide bonds. The summed E-state index contributed by atoms with van der Waals surface area (Å²) in [6, 6.07) is 0. The van der Waals surface area contributed by atoms with E-state index in [4.69, 9.17) is 9.47 Å². The average molecular weight is 708 g/mol. The van der Waals surface area contributed by atoms with Gasteiger partial charge in [-0.25, -0.2) is 0 Å². The van der Waals surface area contributed by atoms with Crippen molar-refractivity contribution in [1.29, 1.82) is 0 Å². The van der Waals surface area contributed by atoms with Crippen molar-refractivity contribution in [3.63, 3.8) is 0 Å². The third kappa shape index (κ3) is 26.8. The molecule has 0 spiro atoms. The van der Waals surface area contributed by atoms with Crippen LogP contribution in [0.25, 0.3) is 0 Å². The van der Waals surface area contributed by atoms with Crippen molar-refractivity contribution >= 4 is 0 Å². The van der Waals surface area contributed by atoms with Gasteiger partial charge in [0.2, 0.25) is 0 Å². The van der Waals surface area contributed by atoms with Crippen molar-refractivity contribution in [3.8, 4) is 0 Å². The summed E-state index contributed by atoms with van der Waals surface area (Å²) in [7, 11) is 0. The highest BCUT2D eigenvalue weighted by molar-refractivity contribution is 4.79. The van der Waals surface area contributed by atoms with E-state index in [2.05, 4.69) is 13.8 Å². The molecule has 0 atom stereocenters. The summed E-state index contributed by atoms with van der Waals surface area (Å²) in [5.74, 6) is 0. The van der Waals surface area contributed by atoms with Crippen molar-refractivity contribution in [2.45, 2.75) is 194 Å². The fourth-order valence-electron chi connectivity index (χ4n) is 8.23. The molecule has 2 fully saturated rings. The summed E-state index contributed by atoms with van der Waals surface area (Å²) in [6.07, 6.45) is 39.0. The van der Waals surface area contributed by atoms with E-state index in [-0.39, 0.29) is 24.8 Å². The molecule has 2 aliphatic rings. The SMILES string of the molecule is CCCCCCCCCCCCCCOCC(CCCCCCCCOCCCCCCC)(C[NH+]1CCCC1)C[NH+]1CCCC1.[Cl-].[Cl-]. The second-order valence-corrected chi connectivity index (χ2v) is 15.6. The maximum Gasteiger partial charge on any atom is 0.0914 e. The molecule has 2 rings (SSSR count). The molecular formula is C41H84Cl2N2O2. The fourth-order valence-corrected chi connectivity index (χ4v) is 8.23. The number of halogens is 2. The van der Waals surface area contributed by atoms with Crippen molar-refractivity contribution in [2.75, 3.05) is 65.7 Å². The number of hydrogen-bond donors (Lipinski definition) is 2. The van der Waals surface area contributed by atoms with Crippen LogP contribution in [-0.4, -0.2) is 65.7 Å². The van der Waals surface area contributed by atoms with Gasteiger partial charge < -0.3 is 44.1 Å². The zero-order chi connectivity index (χ0) is 31.9. The summed E-state index contributed by atoms with van der Waals surface area (Å²) < 4.78 is 12.5. The first kappa shape index (κ1) is 47.4. The van der Waals surface area contributed by atoms with Gasteiger partial charge in [0.1, 0.15) is 0 Å². The monoisotopic (exact) mass is 707 g/mol. The zero-order valence-electron chi connectivity index (χ0n) is 31.9. The second kappa shape index (κ2) is 34.9. The van der Waals surface area contributed by atoms with Crippen LogP contribution in [0.1, 0.15) is 194 Å². The molecule has 0 aromatic carbocycles. The first-order chi connectivity index (χ1) is 22.3. The Morgan fingerprint density at radius 3 is 1.11 bits per heavy atom. The number of hydrogen-bond acceptors (Lipinski definition) is 2. The van der Waals surface area contributed by atoms with Gasteiger partial charge in [-0.3, -0.25) is 0 Å². The van der Waals surface area contributed by atoms with Gasteiger partial charge in [-0.15, -0.1) is 0 Å². The average Bonchev–Trinajstić information content (AvgIpc) is 3.76. The van der Waals surface area contributed by atoms with Gasteiger partial charge in [0.15, 0.2) is 0 Å². The van der Waals surface area contributed by atoms with E-state index in [0.29, 0.717) is 5.41 Å². The summed E-state index contributed by atoms with van der Waals surface area (Å²) in [5, 5.41) is 0. The van der Waals surface area contributed by atoms with E-state index in [1.165, 1.54) is 219 Å². The lowest BCUT2D eigenvalue weighted by Crippen LogP contribution is -3.15. The lowest BCUT2D eigenvalue weighted by Gasteiger charge is -2.36. The Morgan fingerprint density at radius 2 is 0.723 bits per heavy atom. The van der Waals surface area contributed by atoms with Crippen LogP contribution < -0.4 is 34.6 Å². The van der Waals surface area contributed by atoms with Gasteiger partial charge in [0.05, 0.1) is 51.3 Å². The normalized spacial score (nSPS) is 15.7. The molecule has 2 aliphatic heterocycles. The number of rotatable bonds is 34. The maximum absolute atomic E-state index is 6.64. The zero-order valence-corrected chi connectivity index (χ0v) is 33.5. The van der Waals surface area contributed by atoms with Gasteiger partial charge in [-0.1, -0.05) is 142 Å². The Balaban J connectivity index is 0.0000106. The quantitative estimate of drug-likeness (QED) is 0.101. The standard InChI is InChI=1S/C41H82N2O2.2ClH/c1-3-5-7-9-10-11-12-13-14-16-21-29-37-45-40-41(38-42-31-23-24-32-42,39-43-33-25-26-34-43)30-22-18-15-17-20-28-36-44-35-27-19-8-6-4-2;;/h3-40H2,1-2H3;2*1H. The lowest BCUT2D eigenvalue weighted by atomic mass is 9.81. The van der Waals surface area contributed by atoms with Crippen LogP contribution in [0.2, 0.25) is 0 Å². The van der Waals surface area contributed by atoms with Crippen LogP contribution in [0.3, 0.4) is 0 Å². The highest BCUT2D eigenvalue weighted by Gasteiger charge is 2.40. The predicted molar refractivity (Wildman–Crippen MR) is 196 cm³/mol. The predicted octanol–water partition coefficient (Wildman–Crippen LogP) is 2.77. The number of unbranched alkanes of at least 4 members (excludes halogenated alkanes) is 20. The minimum Gasteiger partial charge on any atom is -1.00 e. The largest absolute Gasteiger partial charge is 1.00 e. The second-order valence-electron chi connectivity index (χ2n) is 15.6. The van der Waals surface area contributed by atoms with E-state index in [9.17, 15) is 0 Å². The molecule has 0 aliphatic carbocycles. The molecule has 2 saturated heterocycles. The molecular weight excluding hydrogens is 623 g/mol. The number of nitrogens with one attached hydrogen (secondary N) is 2. The number of likely N-dealkylation sites (tertiary alicyclic amines) is 2. The Labute approximate surface area is 307 Å². The Hall–Kier alpha value is 0.420. The first-order valence-corrected chi connectivity index (χ1v) is 21.1. The van der Waals surface area contributed by atoms with Crippen LogP contribution in [-0.2, 0) is 9.47 Å². The molecule has 0 radical (unpaired) electrons. The molecule has 284 valence electrons. The molecule has 0 aromatic rings. The Morgan fingerprint density at radius 1 is 0.404 bits per heavy atom. The summed E-state index contributed by atoms with van der Waals surface area (Å²) in [6.45, 7) is 16.9. The third-order valence-electron chi connectivity index (χ3n) is 11.1.